The summed E-state index contributed by atoms with van der Waals surface area (Å²) in [5.74, 6) is -0.175. The molecule has 0 aliphatic heterocycles. The van der Waals surface area contributed by atoms with E-state index in [0.29, 0.717) is 18.5 Å². The molecule has 1 aliphatic rings. The summed E-state index contributed by atoms with van der Waals surface area (Å²) in [6.45, 7) is 6.75. The molecule has 1 amide bonds. The first-order chi connectivity index (χ1) is 15.0. The van der Waals surface area contributed by atoms with Crippen LogP contribution in [0.2, 0.25) is 0 Å². The monoisotopic (exact) mass is 421 g/mol. The maximum absolute atomic E-state index is 13.3. The van der Waals surface area contributed by atoms with Gasteiger partial charge >= 0.3 is 0 Å². The van der Waals surface area contributed by atoms with Crippen molar-refractivity contribution in [1.82, 2.24) is 20.1 Å². The summed E-state index contributed by atoms with van der Waals surface area (Å²) in [5.41, 5.74) is 4.24. The van der Waals surface area contributed by atoms with Crippen LogP contribution in [0.3, 0.4) is 0 Å². The second kappa shape index (κ2) is 9.06. The number of rotatable bonds is 6. The van der Waals surface area contributed by atoms with E-state index in [1.807, 2.05) is 49.7 Å². The van der Waals surface area contributed by atoms with Gasteiger partial charge in [-0.1, -0.05) is 29.8 Å². The van der Waals surface area contributed by atoms with E-state index in [-0.39, 0.29) is 24.1 Å². The van der Waals surface area contributed by atoms with Gasteiger partial charge in [0.2, 0.25) is 0 Å². The maximum Gasteiger partial charge on any atom is 0.255 e. The lowest BCUT2D eigenvalue weighted by atomic mass is 9.92. The van der Waals surface area contributed by atoms with Crippen LogP contribution in [0, 0.1) is 6.92 Å². The van der Waals surface area contributed by atoms with Gasteiger partial charge in [-0.25, -0.2) is 9.67 Å². The molecular weight excluding hydrogens is 390 g/mol. The number of anilines is 1. The molecule has 7 nitrogen and oxygen atoms in total. The van der Waals surface area contributed by atoms with Crippen molar-refractivity contribution in [2.75, 3.05) is 5.32 Å². The van der Waals surface area contributed by atoms with Crippen LogP contribution < -0.4 is 10.6 Å². The third-order valence-electron chi connectivity index (χ3n) is 6.13. The molecule has 3 N–H and O–H groups in total. The number of benzene rings is 1. The van der Waals surface area contributed by atoms with Gasteiger partial charge in [-0.15, -0.1) is 0 Å². The van der Waals surface area contributed by atoms with Gasteiger partial charge in [0.1, 0.15) is 0 Å². The minimum Gasteiger partial charge on any atom is -0.393 e. The zero-order chi connectivity index (χ0) is 22.0. The predicted molar refractivity (Wildman–Crippen MR) is 122 cm³/mol. The summed E-state index contributed by atoms with van der Waals surface area (Å²) in [7, 11) is 0. The van der Waals surface area contributed by atoms with Gasteiger partial charge in [-0.2, -0.15) is 5.10 Å². The first-order valence-corrected chi connectivity index (χ1v) is 11.1. The normalized spacial score (nSPS) is 19.9. The van der Waals surface area contributed by atoms with Crippen molar-refractivity contribution >= 4 is 22.6 Å². The number of carbonyl (C=O) groups excluding carboxylic acids is 1. The van der Waals surface area contributed by atoms with Crippen molar-refractivity contribution in [1.29, 1.82) is 0 Å². The quantitative estimate of drug-likeness (QED) is 0.560. The molecule has 1 fully saturated rings. The van der Waals surface area contributed by atoms with Gasteiger partial charge in [-0.3, -0.25) is 4.79 Å². The second-order valence-electron chi connectivity index (χ2n) is 8.51. The highest BCUT2D eigenvalue weighted by molar-refractivity contribution is 6.06. The number of nitrogens with zero attached hydrogens (tertiary/aromatic N) is 3. The molecule has 3 aromatic rings. The van der Waals surface area contributed by atoms with Crippen molar-refractivity contribution < 1.29 is 9.90 Å². The van der Waals surface area contributed by atoms with Crippen LogP contribution in [0.5, 0.6) is 0 Å². The minimum absolute atomic E-state index is 0.111. The highest BCUT2D eigenvalue weighted by atomic mass is 16.3. The first-order valence-electron chi connectivity index (χ1n) is 11.1. The van der Waals surface area contributed by atoms with E-state index in [9.17, 15) is 9.90 Å². The van der Waals surface area contributed by atoms with Gasteiger partial charge in [0.05, 0.1) is 35.0 Å². The van der Waals surface area contributed by atoms with E-state index in [4.69, 9.17) is 0 Å². The van der Waals surface area contributed by atoms with Crippen molar-refractivity contribution in [3.8, 4) is 0 Å². The fourth-order valence-corrected chi connectivity index (χ4v) is 4.30. The second-order valence-corrected chi connectivity index (χ2v) is 8.51. The SMILES string of the molecule is CCn1ncc2c(N[C@@H]3CCC[C@@H](O)C3)c(C(=O)NC(C)c3ccc(C)cc3)cnc21. The standard InChI is InChI=1S/C24H31N5O2/c1-4-29-23-20(14-26-29)22(28-18-6-5-7-19(30)12-18)21(13-25-23)24(31)27-16(3)17-10-8-15(2)9-11-17/h8-11,13-14,16,18-19,30H,4-7,12H2,1-3H3,(H,25,28)(H,27,31)/t16?,18-,19-/m1/s1. The highest BCUT2D eigenvalue weighted by Gasteiger charge is 2.25. The molecule has 2 heterocycles. The number of hydrogen-bond donors (Lipinski definition) is 3. The summed E-state index contributed by atoms with van der Waals surface area (Å²) in [6.07, 6.45) is 6.53. The topological polar surface area (TPSA) is 92.1 Å². The molecule has 2 aromatic heterocycles. The maximum atomic E-state index is 13.3. The third kappa shape index (κ3) is 4.56. The van der Waals surface area contributed by atoms with E-state index >= 15 is 0 Å². The van der Waals surface area contributed by atoms with Crippen LogP contribution in [-0.2, 0) is 6.54 Å². The van der Waals surface area contributed by atoms with Gasteiger partial charge < -0.3 is 15.7 Å². The van der Waals surface area contributed by atoms with E-state index < -0.39 is 0 Å². The molecule has 31 heavy (non-hydrogen) atoms. The molecule has 0 radical (unpaired) electrons. The average Bonchev–Trinajstić information content (AvgIpc) is 3.18. The molecule has 1 aromatic carbocycles. The number of hydrogen-bond acceptors (Lipinski definition) is 5. The summed E-state index contributed by atoms with van der Waals surface area (Å²) in [5, 5.41) is 22.0. The van der Waals surface area contributed by atoms with E-state index in [1.54, 1.807) is 12.4 Å². The Morgan fingerprint density at radius 1 is 1.26 bits per heavy atom. The highest BCUT2D eigenvalue weighted by Crippen LogP contribution is 2.30. The Balaban J connectivity index is 1.65. The molecular formula is C24H31N5O2. The predicted octanol–water partition coefficient (Wildman–Crippen LogP) is 3.97. The molecule has 0 spiro atoms. The van der Waals surface area contributed by atoms with Crippen LogP contribution in [0.15, 0.2) is 36.7 Å². The molecule has 1 unspecified atom stereocenters. The summed E-state index contributed by atoms with van der Waals surface area (Å²) in [6, 6.07) is 8.15. The number of aliphatic hydroxyl groups excluding tert-OH is 1. The van der Waals surface area contributed by atoms with Crippen molar-refractivity contribution in [3.63, 3.8) is 0 Å². The van der Waals surface area contributed by atoms with Crippen LogP contribution in [0.25, 0.3) is 11.0 Å². The number of carbonyl (C=O) groups is 1. The van der Waals surface area contributed by atoms with E-state index in [1.165, 1.54) is 5.56 Å². The Kier molecular flexibility index (Phi) is 6.23. The number of aliphatic hydroxyl groups is 1. The zero-order valence-electron chi connectivity index (χ0n) is 18.4. The Morgan fingerprint density at radius 3 is 2.74 bits per heavy atom. The zero-order valence-corrected chi connectivity index (χ0v) is 18.4. The van der Waals surface area contributed by atoms with Gasteiger partial charge in [0, 0.05) is 18.8 Å². The Hall–Kier alpha value is -2.93. The van der Waals surface area contributed by atoms with Crippen LogP contribution in [-0.4, -0.2) is 37.9 Å². The Labute approximate surface area is 182 Å². The van der Waals surface area contributed by atoms with Gasteiger partial charge in [0.25, 0.3) is 5.91 Å². The third-order valence-corrected chi connectivity index (χ3v) is 6.13. The van der Waals surface area contributed by atoms with Gasteiger partial charge in [0.15, 0.2) is 5.65 Å². The number of amides is 1. The minimum atomic E-state index is -0.305. The van der Waals surface area contributed by atoms with Crippen molar-refractivity contribution in [3.05, 3.63) is 53.3 Å². The molecule has 1 saturated carbocycles. The summed E-state index contributed by atoms with van der Waals surface area (Å²) < 4.78 is 1.83. The van der Waals surface area contributed by atoms with Crippen molar-refractivity contribution in [2.45, 2.75) is 71.2 Å². The Morgan fingerprint density at radius 2 is 2.03 bits per heavy atom. The molecule has 0 bridgehead atoms. The lowest BCUT2D eigenvalue weighted by Gasteiger charge is -2.28. The Bertz CT molecular complexity index is 1060. The van der Waals surface area contributed by atoms with Crippen LogP contribution in [0.4, 0.5) is 5.69 Å². The average molecular weight is 422 g/mol. The van der Waals surface area contributed by atoms with Crippen LogP contribution in [0.1, 0.15) is 67.1 Å². The number of nitrogens with one attached hydrogen (secondary N) is 2. The smallest absolute Gasteiger partial charge is 0.255 e. The van der Waals surface area contributed by atoms with E-state index in [0.717, 1.165) is 41.5 Å². The first kappa shape index (κ1) is 21.3. The van der Waals surface area contributed by atoms with E-state index in [2.05, 4.69) is 20.7 Å². The lowest BCUT2D eigenvalue weighted by molar-refractivity contribution is 0.0940. The van der Waals surface area contributed by atoms with Gasteiger partial charge in [-0.05, 0) is 52.0 Å². The molecule has 0 saturated heterocycles. The molecule has 4 rings (SSSR count). The molecule has 7 heteroatoms. The molecule has 1 aliphatic carbocycles. The van der Waals surface area contributed by atoms with Crippen LogP contribution >= 0.6 is 0 Å². The fraction of sp³-hybridized carbons (Fsp3) is 0.458. The number of pyridine rings is 1. The number of aromatic nitrogens is 3. The largest absolute Gasteiger partial charge is 0.393 e. The molecule has 3 atom stereocenters. The summed E-state index contributed by atoms with van der Waals surface area (Å²) >= 11 is 0. The lowest BCUT2D eigenvalue weighted by Crippen LogP contribution is -2.32. The number of aryl methyl sites for hydroxylation is 2. The fourth-order valence-electron chi connectivity index (χ4n) is 4.30. The number of fused-ring (bicyclic) bond motifs is 1. The molecule has 164 valence electrons. The summed E-state index contributed by atoms with van der Waals surface area (Å²) in [4.78, 5) is 17.8. The van der Waals surface area contributed by atoms with Crippen molar-refractivity contribution in [2.24, 2.45) is 0 Å².